The molecule has 0 aliphatic rings. The second-order valence-corrected chi connectivity index (χ2v) is 13.3. The minimum atomic E-state index is -4.31. The molecule has 10 nitrogen and oxygen atoms in total. The summed E-state index contributed by atoms with van der Waals surface area (Å²) < 4.78 is 29.0. The van der Waals surface area contributed by atoms with Gasteiger partial charge in [-0.3, -0.25) is 24.0 Å². The highest BCUT2D eigenvalue weighted by Gasteiger charge is 2.35. The summed E-state index contributed by atoms with van der Waals surface area (Å²) in [5.74, 6) is -0.801. The SMILES string of the molecule is Cc1ccccc1CN(C(=O)CN(c1ccc([N+](=O)[O-])cc1)S(=O)(=O)c1ccccc1)C(Cc1ccccc1)C(=O)NCC(C)C. The van der Waals surface area contributed by atoms with E-state index in [-0.39, 0.29) is 41.1 Å². The van der Waals surface area contributed by atoms with Gasteiger partial charge in [0.15, 0.2) is 0 Å². The predicted molar refractivity (Wildman–Crippen MR) is 178 cm³/mol. The highest BCUT2D eigenvalue weighted by Crippen LogP contribution is 2.27. The topological polar surface area (TPSA) is 130 Å². The molecule has 1 N–H and O–H groups in total. The molecule has 4 rings (SSSR count). The molecule has 0 aliphatic carbocycles. The fourth-order valence-corrected chi connectivity index (χ4v) is 6.37. The number of carbonyl (C=O) groups excluding carboxylic acids is 2. The van der Waals surface area contributed by atoms with E-state index >= 15 is 0 Å². The highest BCUT2D eigenvalue weighted by atomic mass is 32.2. The lowest BCUT2D eigenvalue weighted by molar-refractivity contribution is -0.384. The third-order valence-corrected chi connectivity index (χ3v) is 9.30. The fourth-order valence-electron chi connectivity index (χ4n) is 4.94. The van der Waals surface area contributed by atoms with Crippen molar-refractivity contribution in [3.63, 3.8) is 0 Å². The lowest BCUT2D eigenvalue weighted by atomic mass is 10.0. The molecule has 0 saturated heterocycles. The number of hydrogen-bond acceptors (Lipinski definition) is 6. The second-order valence-electron chi connectivity index (χ2n) is 11.4. The Morgan fingerprint density at radius 2 is 1.43 bits per heavy atom. The van der Waals surface area contributed by atoms with Gasteiger partial charge >= 0.3 is 0 Å². The van der Waals surface area contributed by atoms with Crippen molar-refractivity contribution in [2.45, 2.75) is 44.7 Å². The number of sulfonamides is 1. The van der Waals surface area contributed by atoms with Crippen molar-refractivity contribution in [3.8, 4) is 0 Å². The van der Waals surface area contributed by atoms with Gasteiger partial charge < -0.3 is 10.2 Å². The Labute approximate surface area is 269 Å². The molecule has 0 spiro atoms. The van der Waals surface area contributed by atoms with Crippen LogP contribution in [-0.2, 0) is 32.6 Å². The van der Waals surface area contributed by atoms with Crippen LogP contribution in [-0.4, -0.2) is 49.2 Å². The predicted octanol–water partition coefficient (Wildman–Crippen LogP) is 5.51. The van der Waals surface area contributed by atoms with Crippen LogP contribution in [0.3, 0.4) is 0 Å². The molecule has 4 aromatic rings. The van der Waals surface area contributed by atoms with Crippen LogP contribution < -0.4 is 9.62 Å². The second kappa shape index (κ2) is 15.3. The molecule has 46 heavy (non-hydrogen) atoms. The first-order valence-corrected chi connectivity index (χ1v) is 16.4. The minimum absolute atomic E-state index is 0.0532. The lowest BCUT2D eigenvalue weighted by Crippen LogP contribution is -2.53. The van der Waals surface area contributed by atoms with E-state index in [2.05, 4.69) is 5.32 Å². The largest absolute Gasteiger partial charge is 0.354 e. The Kier molecular flexibility index (Phi) is 11.3. The van der Waals surface area contributed by atoms with E-state index in [1.807, 2.05) is 75.4 Å². The Morgan fingerprint density at radius 3 is 2.02 bits per heavy atom. The lowest BCUT2D eigenvalue weighted by Gasteiger charge is -2.34. The van der Waals surface area contributed by atoms with E-state index in [0.29, 0.717) is 6.54 Å². The zero-order valence-electron chi connectivity index (χ0n) is 26.1. The van der Waals surface area contributed by atoms with Crippen LogP contribution in [0.5, 0.6) is 0 Å². The van der Waals surface area contributed by atoms with Gasteiger partial charge in [0.1, 0.15) is 12.6 Å². The number of nitrogens with zero attached hydrogens (tertiary/aromatic N) is 3. The van der Waals surface area contributed by atoms with Gasteiger partial charge in [-0.2, -0.15) is 0 Å². The number of hydrogen-bond donors (Lipinski definition) is 1. The first-order valence-electron chi connectivity index (χ1n) is 14.9. The number of carbonyl (C=O) groups is 2. The molecule has 2 amide bonds. The first-order chi connectivity index (χ1) is 22.0. The van der Waals surface area contributed by atoms with E-state index in [1.54, 1.807) is 18.2 Å². The highest BCUT2D eigenvalue weighted by molar-refractivity contribution is 7.92. The summed E-state index contributed by atoms with van der Waals surface area (Å²) in [4.78, 5) is 40.5. The standard InChI is InChI=1S/C35H38N4O6S/c1-26(2)23-36-35(41)33(22-28-13-6-4-7-14-28)37(24-29-15-11-10-12-27(29)3)34(40)25-38(30-18-20-31(21-19-30)39(42)43)46(44,45)32-16-8-5-9-17-32/h4-21,26,33H,22-25H2,1-3H3,(H,36,41). The van der Waals surface area contributed by atoms with Crippen molar-refractivity contribution in [2.75, 3.05) is 17.4 Å². The summed E-state index contributed by atoms with van der Waals surface area (Å²) in [6, 6.07) is 28.5. The zero-order chi connectivity index (χ0) is 33.3. The monoisotopic (exact) mass is 642 g/mol. The number of anilines is 1. The molecule has 4 aromatic carbocycles. The molecule has 0 fully saturated rings. The van der Waals surface area contributed by atoms with E-state index in [1.165, 1.54) is 41.3 Å². The van der Waals surface area contributed by atoms with Crippen molar-refractivity contribution in [1.29, 1.82) is 0 Å². The number of aryl methyl sites for hydroxylation is 1. The van der Waals surface area contributed by atoms with E-state index in [4.69, 9.17) is 0 Å². The maximum absolute atomic E-state index is 14.5. The van der Waals surface area contributed by atoms with Gasteiger partial charge in [-0.15, -0.1) is 0 Å². The van der Waals surface area contributed by atoms with E-state index < -0.39 is 33.4 Å². The maximum atomic E-state index is 14.5. The van der Waals surface area contributed by atoms with Crippen molar-refractivity contribution < 1.29 is 22.9 Å². The molecular formula is C35H38N4O6S. The van der Waals surface area contributed by atoms with Crippen LogP contribution in [0.25, 0.3) is 0 Å². The molecule has 0 aliphatic heterocycles. The third-order valence-electron chi connectivity index (χ3n) is 7.52. The van der Waals surface area contributed by atoms with Crippen molar-refractivity contribution in [3.05, 3.63) is 136 Å². The normalized spacial score (nSPS) is 11.9. The van der Waals surface area contributed by atoms with Crippen LogP contribution >= 0.6 is 0 Å². The summed E-state index contributed by atoms with van der Waals surface area (Å²) in [5, 5.41) is 14.3. The Hall–Kier alpha value is -5.03. The summed E-state index contributed by atoms with van der Waals surface area (Å²) in [6.07, 6.45) is 0.200. The summed E-state index contributed by atoms with van der Waals surface area (Å²) in [5.41, 5.74) is 2.39. The Morgan fingerprint density at radius 1 is 0.848 bits per heavy atom. The summed E-state index contributed by atoms with van der Waals surface area (Å²) in [6.45, 7) is 5.65. The number of nitro benzene ring substituents is 1. The third kappa shape index (κ3) is 8.57. The van der Waals surface area contributed by atoms with Gasteiger partial charge in [0.25, 0.3) is 15.7 Å². The van der Waals surface area contributed by atoms with Crippen molar-refractivity contribution in [2.24, 2.45) is 5.92 Å². The zero-order valence-corrected chi connectivity index (χ0v) is 26.9. The van der Waals surface area contributed by atoms with Crippen LogP contribution in [0.2, 0.25) is 0 Å². The quantitative estimate of drug-likeness (QED) is 0.143. The molecule has 0 saturated carbocycles. The Balaban J connectivity index is 1.81. The number of nitrogens with one attached hydrogen (secondary N) is 1. The van der Waals surface area contributed by atoms with Gasteiger partial charge in [-0.05, 0) is 53.8 Å². The van der Waals surface area contributed by atoms with Crippen molar-refractivity contribution >= 4 is 33.2 Å². The van der Waals surface area contributed by atoms with Crippen LogP contribution in [0.1, 0.15) is 30.5 Å². The molecule has 0 aromatic heterocycles. The fraction of sp³-hybridized carbons (Fsp3) is 0.257. The minimum Gasteiger partial charge on any atom is -0.354 e. The van der Waals surface area contributed by atoms with Gasteiger partial charge in [-0.25, -0.2) is 8.42 Å². The number of non-ortho nitro benzene ring substituents is 1. The van der Waals surface area contributed by atoms with Crippen LogP contribution in [0, 0.1) is 23.0 Å². The smallest absolute Gasteiger partial charge is 0.269 e. The average molecular weight is 643 g/mol. The maximum Gasteiger partial charge on any atom is 0.269 e. The van der Waals surface area contributed by atoms with Crippen molar-refractivity contribution in [1.82, 2.24) is 10.2 Å². The van der Waals surface area contributed by atoms with Gasteiger partial charge in [-0.1, -0.05) is 86.6 Å². The molecule has 0 heterocycles. The molecule has 11 heteroatoms. The molecule has 240 valence electrons. The summed E-state index contributed by atoms with van der Waals surface area (Å²) in [7, 11) is -4.31. The number of benzene rings is 4. The molecule has 1 unspecified atom stereocenters. The van der Waals surface area contributed by atoms with E-state index in [9.17, 15) is 28.1 Å². The van der Waals surface area contributed by atoms with Gasteiger partial charge in [0, 0.05) is 31.6 Å². The number of nitro groups is 1. The van der Waals surface area contributed by atoms with E-state index in [0.717, 1.165) is 21.0 Å². The average Bonchev–Trinajstić information content (AvgIpc) is 3.05. The van der Waals surface area contributed by atoms with Gasteiger partial charge in [0.2, 0.25) is 11.8 Å². The Bertz CT molecular complexity index is 1750. The molecular weight excluding hydrogens is 604 g/mol. The van der Waals surface area contributed by atoms with Crippen LogP contribution in [0.4, 0.5) is 11.4 Å². The van der Waals surface area contributed by atoms with Gasteiger partial charge in [0.05, 0.1) is 15.5 Å². The number of rotatable bonds is 14. The number of amides is 2. The molecule has 1 atom stereocenters. The molecule has 0 radical (unpaired) electrons. The molecule has 0 bridgehead atoms. The first kappa shape index (κ1) is 33.9. The van der Waals surface area contributed by atoms with Crippen LogP contribution in [0.15, 0.2) is 114 Å². The summed E-state index contributed by atoms with van der Waals surface area (Å²) >= 11 is 0.